The van der Waals surface area contributed by atoms with E-state index in [0.29, 0.717) is 10.3 Å². The van der Waals surface area contributed by atoms with Crippen LogP contribution in [0.5, 0.6) is 0 Å². The lowest BCUT2D eigenvalue weighted by atomic mass is 10.2. The van der Waals surface area contributed by atoms with Crippen LogP contribution in [0.3, 0.4) is 0 Å². The summed E-state index contributed by atoms with van der Waals surface area (Å²) in [5.41, 5.74) is 1.67. The molecule has 0 aliphatic carbocycles. The summed E-state index contributed by atoms with van der Waals surface area (Å²) < 4.78 is 1.55. The summed E-state index contributed by atoms with van der Waals surface area (Å²) in [4.78, 5) is 32.2. The molecular formula is C20H18N8O2S4. The van der Waals surface area contributed by atoms with Gasteiger partial charge in [-0.05, 0) is 23.3 Å². The van der Waals surface area contributed by atoms with Gasteiger partial charge in [0.15, 0.2) is 8.68 Å². The summed E-state index contributed by atoms with van der Waals surface area (Å²) in [6, 6.07) is 7.29. The zero-order valence-corrected chi connectivity index (χ0v) is 20.8. The number of hydrogen-bond donors (Lipinski definition) is 2. The number of thioether (sulfide) groups is 2. The number of nitrogens with zero attached hydrogens (tertiary/aromatic N) is 6. The molecule has 0 aromatic carbocycles. The quantitative estimate of drug-likeness (QED) is 0.169. The molecule has 174 valence electrons. The molecule has 0 aliphatic rings. The lowest BCUT2D eigenvalue weighted by molar-refractivity contribution is -0.116. The molecule has 4 rings (SSSR count). The minimum atomic E-state index is -0.157. The van der Waals surface area contributed by atoms with Gasteiger partial charge in [-0.1, -0.05) is 58.3 Å². The topological polar surface area (TPSA) is 136 Å². The van der Waals surface area contributed by atoms with Crippen molar-refractivity contribution >= 4 is 68.3 Å². The number of anilines is 2. The number of hydrogen-bond acceptors (Lipinski definition) is 12. The van der Waals surface area contributed by atoms with Crippen LogP contribution in [-0.4, -0.2) is 53.7 Å². The van der Waals surface area contributed by atoms with Gasteiger partial charge in [0.25, 0.3) is 0 Å². The number of aromatic nitrogens is 6. The Morgan fingerprint density at radius 2 is 1.21 bits per heavy atom. The van der Waals surface area contributed by atoms with Gasteiger partial charge in [-0.3, -0.25) is 19.6 Å². The Kier molecular flexibility index (Phi) is 8.90. The van der Waals surface area contributed by atoms with Crippen LogP contribution < -0.4 is 10.6 Å². The number of carbonyl (C=O) groups is 2. The first-order chi connectivity index (χ1) is 16.6. The molecule has 14 heteroatoms. The van der Waals surface area contributed by atoms with Crippen molar-refractivity contribution in [2.45, 2.75) is 21.5 Å². The van der Waals surface area contributed by atoms with Gasteiger partial charge in [0.1, 0.15) is 0 Å². The highest BCUT2D eigenvalue weighted by Gasteiger charge is 2.11. The van der Waals surface area contributed by atoms with Crippen molar-refractivity contribution in [3.63, 3.8) is 0 Å². The van der Waals surface area contributed by atoms with E-state index in [1.807, 2.05) is 12.1 Å². The Balaban J connectivity index is 1.15. The lowest BCUT2D eigenvalue weighted by Gasteiger charge is -2.00. The summed E-state index contributed by atoms with van der Waals surface area (Å²) >= 11 is 5.78. The molecule has 2 N–H and O–H groups in total. The normalized spacial score (nSPS) is 10.7. The SMILES string of the molecule is O=C(Cc1cccnc1)Nc1nnc(SCCSc2nnc(NC(=O)Cc3cccnc3)s2)s1. The van der Waals surface area contributed by atoms with Crippen LogP contribution in [0.2, 0.25) is 0 Å². The second-order valence-electron chi connectivity index (χ2n) is 6.62. The maximum atomic E-state index is 12.1. The first-order valence-electron chi connectivity index (χ1n) is 9.94. The fourth-order valence-electron chi connectivity index (χ4n) is 2.60. The summed E-state index contributed by atoms with van der Waals surface area (Å²) in [6.45, 7) is 0. The molecule has 4 aromatic rings. The van der Waals surface area contributed by atoms with Crippen LogP contribution >= 0.6 is 46.2 Å². The van der Waals surface area contributed by atoms with E-state index < -0.39 is 0 Å². The maximum Gasteiger partial charge on any atom is 0.230 e. The van der Waals surface area contributed by atoms with Gasteiger partial charge in [0, 0.05) is 36.3 Å². The number of rotatable bonds is 11. The minimum Gasteiger partial charge on any atom is -0.300 e. The van der Waals surface area contributed by atoms with E-state index in [1.165, 1.54) is 22.7 Å². The van der Waals surface area contributed by atoms with Gasteiger partial charge in [-0.25, -0.2) is 0 Å². The van der Waals surface area contributed by atoms with Crippen molar-refractivity contribution in [1.82, 2.24) is 30.4 Å². The standard InChI is InChI=1S/C20H18N8O2S4/c29-15(9-13-3-1-5-21-11-13)23-17-25-27-19(33-17)31-7-8-32-20-28-26-18(34-20)24-16(30)10-14-4-2-6-22-12-14/h1-6,11-12H,7-10H2,(H,23,25,29)(H,24,26,30). The highest BCUT2D eigenvalue weighted by atomic mass is 32.2. The van der Waals surface area contributed by atoms with E-state index in [-0.39, 0.29) is 24.7 Å². The van der Waals surface area contributed by atoms with Gasteiger partial charge in [0.2, 0.25) is 22.1 Å². The predicted octanol–water partition coefficient (Wildman–Crippen LogP) is 3.43. The lowest BCUT2D eigenvalue weighted by Crippen LogP contribution is -2.14. The van der Waals surface area contributed by atoms with Crippen LogP contribution in [0.4, 0.5) is 10.3 Å². The molecular weight excluding hydrogens is 513 g/mol. The molecule has 34 heavy (non-hydrogen) atoms. The molecule has 0 bridgehead atoms. The van der Waals surface area contributed by atoms with Crippen LogP contribution in [0.1, 0.15) is 11.1 Å². The summed E-state index contributed by atoms with van der Waals surface area (Å²) in [7, 11) is 0. The summed E-state index contributed by atoms with van der Waals surface area (Å²) in [5, 5.41) is 22.7. The van der Waals surface area contributed by atoms with Crippen molar-refractivity contribution in [2.75, 3.05) is 22.1 Å². The molecule has 0 spiro atoms. The number of amides is 2. The van der Waals surface area contributed by atoms with Crippen LogP contribution in [-0.2, 0) is 22.4 Å². The Morgan fingerprint density at radius 3 is 1.62 bits per heavy atom. The van der Waals surface area contributed by atoms with E-state index in [9.17, 15) is 9.59 Å². The highest BCUT2D eigenvalue weighted by Crippen LogP contribution is 2.29. The van der Waals surface area contributed by atoms with E-state index >= 15 is 0 Å². The molecule has 0 fully saturated rings. The third-order valence-electron chi connectivity index (χ3n) is 4.01. The number of carbonyl (C=O) groups excluding carboxylic acids is 2. The predicted molar refractivity (Wildman–Crippen MR) is 134 cm³/mol. The number of nitrogens with one attached hydrogen (secondary N) is 2. The molecule has 0 aliphatic heterocycles. The van der Waals surface area contributed by atoms with Crippen LogP contribution in [0.15, 0.2) is 57.7 Å². The third kappa shape index (κ3) is 7.83. The molecule has 0 saturated heterocycles. The van der Waals surface area contributed by atoms with Crippen LogP contribution in [0.25, 0.3) is 0 Å². The fraction of sp³-hybridized carbons (Fsp3) is 0.200. The average Bonchev–Trinajstić information content (AvgIpc) is 3.47. The summed E-state index contributed by atoms with van der Waals surface area (Å²) in [6.07, 6.45) is 7.13. The number of pyridine rings is 2. The fourth-order valence-corrected chi connectivity index (χ4v) is 6.24. The zero-order chi connectivity index (χ0) is 23.6. The first-order valence-corrected chi connectivity index (χ1v) is 13.5. The van der Waals surface area contributed by atoms with Crippen molar-refractivity contribution in [1.29, 1.82) is 0 Å². The molecule has 4 heterocycles. The molecule has 10 nitrogen and oxygen atoms in total. The average molecular weight is 531 g/mol. The maximum absolute atomic E-state index is 12.1. The Bertz CT molecular complexity index is 1120. The molecule has 4 aromatic heterocycles. The van der Waals surface area contributed by atoms with Crippen molar-refractivity contribution < 1.29 is 9.59 Å². The van der Waals surface area contributed by atoms with Gasteiger partial charge < -0.3 is 10.6 Å². The highest BCUT2D eigenvalue weighted by molar-refractivity contribution is 8.04. The second kappa shape index (κ2) is 12.5. The zero-order valence-electron chi connectivity index (χ0n) is 17.6. The largest absolute Gasteiger partial charge is 0.300 e. The molecule has 2 amide bonds. The third-order valence-corrected chi connectivity index (χ3v) is 8.22. The Labute approximate surface area is 211 Å². The monoisotopic (exact) mass is 530 g/mol. The smallest absolute Gasteiger partial charge is 0.230 e. The van der Waals surface area contributed by atoms with Gasteiger partial charge in [-0.15, -0.1) is 20.4 Å². The van der Waals surface area contributed by atoms with E-state index in [2.05, 4.69) is 41.0 Å². The molecule has 0 saturated carbocycles. The van der Waals surface area contributed by atoms with Gasteiger partial charge in [0.05, 0.1) is 12.8 Å². The Morgan fingerprint density at radius 1 is 0.735 bits per heavy atom. The minimum absolute atomic E-state index is 0.157. The van der Waals surface area contributed by atoms with E-state index in [0.717, 1.165) is 31.3 Å². The van der Waals surface area contributed by atoms with Crippen molar-refractivity contribution in [3.8, 4) is 0 Å². The molecule has 0 atom stereocenters. The summed E-state index contributed by atoms with van der Waals surface area (Å²) in [5.74, 6) is 1.25. The molecule has 0 radical (unpaired) electrons. The van der Waals surface area contributed by atoms with Gasteiger partial charge in [-0.2, -0.15) is 0 Å². The second-order valence-corrected chi connectivity index (χ2v) is 11.3. The van der Waals surface area contributed by atoms with Crippen molar-refractivity contribution in [2.24, 2.45) is 0 Å². The van der Waals surface area contributed by atoms with Crippen molar-refractivity contribution in [3.05, 3.63) is 60.2 Å². The Hall–Kier alpha value is -2.94. The van der Waals surface area contributed by atoms with Crippen LogP contribution in [0, 0.1) is 0 Å². The molecule has 0 unspecified atom stereocenters. The first kappa shape index (κ1) is 24.2. The van der Waals surface area contributed by atoms with E-state index in [4.69, 9.17) is 0 Å². The van der Waals surface area contributed by atoms with Gasteiger partial charge >= 0.3 is 0 Å². The van der Waals surface area contributed by atoms with E-state index in [1.54, 1.807) is 60.4 Å².